The predicted octanol–water partition coefficient (Wildman–Crippen LogP) is 3.71. The number of nitrogens with zero attached hydrogens (tertiary/aromatic N) is 1. The zero-order valence-electron chi connectivity index (χ0n) is 9.44. The Morgan fingerprint density at radius 3 is 3.00 bits per heavy atom. The van der Waals surface area contributed by atoms with E-state index in [1.807, 2.05) is 0 Å². The lowest BCUT2D eigenvalue weighted by molar-refractivity contribution is 0.0462. The zero-order valence-corrected chi connectivity index (χ0v) is 11.8. The molecular weight excluding hydrogens is 321 g/mol. The molecule has 0 bridgehead atoms. The molecule has 6 heteroatoms. The van der Waals surface area contributed by atoms with Crippen molar-refractivity contribution in [2.45, 2.75) is 13.5 Å². The number of esters is 1. The van der Waals surface area contributed by atoms with Gasteiger partial charge in [-0.1, -0.05) is 12.1 Å². The Labute approximate surface area is 116 Å². The van der Waals surface area contributed by atoms with Gasteiger partial charge in [0.05, 0.1) is 9.48 Å². The molecule has 1 aromatic carbocycles. The molecule has 1 heterocycles. The second kappa shape index (κ2) is 5.58. The van der Waals surface area contributed by atoms with Crippen LogP contribution in [-0.2, 0) is 11.3 Å². The van der Waals surface area contributed by atoms with Crippen molar-refractivity contribution in [2.75, 3.05) is 0 Å². The van der Waals surface area contributed by atoms with Crippen LogP contribution in [0.3, 0.4) is 0 Å². The maximum absolute atomic E-state index is 13.6. The lowest BCUT2D eigenvalue weighted by Gasteiger charge is -2.05. The molecule has 94 valence electrons. The van der Waals surface area contributed by atoms with Gasteiger partial charge in [0, 0.05) is 10.9 Å². The number of rotatable bonds is 3. The van der Waals surface area contributed by atoms with Gasteiger partial charge in [0.1, 0.15) is 12.4 Å². The van der Waals surface area contributed by atoms with Crippen LogP contribution in [0.2, 0.25) is 0 Å². The van der Waals surface area contributed by atoms with Crippen LogP contribution in [-0.4, -0.2) is 11.0 Å². The molecule has 0 aliphatic rings. The van der Waals surface area contributed by atoms with E-state index in [4.69, 9.17) is 4.74 Å². The molecule has 0 aliphatic heterocycles. The summed E-state index contributed by atoms with van der Waals surface area (Å²) in [7, 11) is 0. The lowest BCUT2D eigenvalue weighted by atomic mass is 10.2. The Bertz CT molecular complexity index is 585. The molecule has 0 atom stereocenters. The van der Waals surface area contributed by atoms with E-state index < -0.39 is 11.8 Å². The maximum Gasteiger partial charge on any atom is 0.358 e. The molecule has 0 aliphatic carbocycles. The molecule has 0 fully saturated rings. The van der Waals surface area contributed by atoms with Crippen LogP contribution >= 0.6 is 27.3 Å². The highest BCUT2D eigenvalue weighted by Gasteiger charge is 2.13. The third-order valence-electron chi connectivity index (χ3n) is 2.22. The van der Waals surface area contributed by atoms with E-state index in [2.05, 4.69) is 20.9 Å². The Morgan fingerprint density at radius 2 is 2.33 bits per heavy atom. The average molecular weight is 330 g/mol. The van der Waals surface area contributed by atoms with Crippen molar-refractivity contribution in [1.82, 2.24) is 4.98 Å². The van der Waals surface area contributed by atoms with Crippen LogP contribution in [0.5, 0.6) is 0 Å². The van der Waals surface area contributed by atoms with Crippen LogP contribution in [0, 0.1) is 12.7 Å². The minimum Gasteiger partial charge on any atom is -0.456 e. The smallest absolute Gasteiger partial charge is 0.358 e. The maximum atomic E-state index is 13.6. The molecule has 0 saturated heterocycles. The van der Waals surface area contributed by atoms with Crippen LogP contribution in [0.15, 0.2) is 28.1 Å². The van der Waals surface area contributed by atoms with E-state index >= 15 is 0 Å². The fourth-order valence-corrected chi connectivity index (χ4v) is 2.32. The normalized spacial score (nSPS) is 10.4. The van der Waals surface area contributed by atoms with Crippen molar-refractivity contribution in [2.24, 2.45) is 0 Å². The number of halogens is 2. The molecule has 1 aromatic heterocycles. The van der Waals surface area contributed by atoms with Gasteiger partial charge in [-0.25, -0.2) is 14.2 Å². The van der Waals surface area contributed by atoms with E-state index in [9.17, 15) is 9.18 Å². The van der Waals surface area contributed by atoms with Crippen molar-refractivity contribution in [3.05, 3.63) is 50.1 Å². The molecule has 0 amide bonds. The van der Waals surface area contributed by atoms with Gasteiger partial charge in [-0.2, -0.15) is 0 Å². The highest BCUT2D eigenvalue weighted by atomic mass is 79.9. The topological polar surface area (TPSA) is 39.2 Å². The first-order chi connectivity index (χ1) is 8.58. The summed E-state index contributed by atoms with van der Waals surface area (Å²) in [4.78, 5) is 15.6. The Hall–Kier alpha value is -1.27. The van der Waals surface area contributed by atoms with Crippen molar-refractivity contribution in [3.63, 3.8) is 0 Å². The van der Waals surface area contributed by atoms with Crippen LogP contribution < -0.4 is 0 Å². The zero-order chi connectivity index (χ0) is 13.1. The van der Waals surface area contributed by atoms with Gasteiger partial charge >= 0.3 is 5.97 Å². The van der Waals surface area contributed by atoms with Crippen LogP contribution in [0.4, 0.5) is 4.39 Å². The number of benzene rings is 1. The van der Waals surface area contributed by atoms with E-state index in [0.717, 1.165) is 5.01 Å². The molecule has 0 unspecified atom stereocenters. The first-order valence-corrected chi connectivity index (χ1v) is 6.77. The Morgan fingerprint density at radius 1 is 1.56 bits per heavy atom. The standard InChI is InChI=1S/C12H9BrFNO2S/c1-7-15-10(6-18-7)12(16)17-5-8-3-2-4-9(13)11(8)14/h2-4,6H,5H2,1H3. The molecule has 18 heavy (non-hydrogen) atoms. The summed E-state index contributed by atoms with van der Waals surface area (Å²) < 4.78 is 19.0. The quantitative estimate of drug-likeness (QED) is 0.806. The van der Waals surface area contributed by atoms with E-state index in [-0.39, 0.29) is 12.3 Å². The predicted molar refractivity (Wildman–Crippen MR) is 70.1 cm³/mol. The van der Waals surface area contributed by atoms with Crippen LogP contribution in [0.25, 0.3) is 0 Å². The summed E-state index contributed by atoms with van der Waals surface area (Å²) in [5.41, 5.74) is 0.581. The molecule has 0 spiro atoms. The third kappa shape index (κ3) is 2.94. The van der Waals surface area contributed by atoms with Gasteiger partial charge < -0.3 is 4.74 Å². The molecule has 0 N–H and O–H groups in total. The second-order valence-electron chi connectivity index (χ2n) is 3.54. The molecular formula is C12H9BrFNO2S. The number of thiazole rings is 1. The number of hydrogen-bond donors (Lipinski definition) is 0. The lowest BCUT2D eigenvalue weighted by Crippen LogP contribution is -2.06. The molecule has 2 aromatic rings. The van der Waals surface area contributed by atoms with E-state index in [1.54, 1.807) is 30.5 Å². The number of aromatic nitrogens is 1. The van der Waals surface area contributed by atoms with E-state index in [0.29, 0.717) is 10.0 Å². The number of aryl methyl sites for hydroxylation is 1. The summed E-state index contributed by atoms with van der Waals surface area (Å²) in [5.74, 6) is -0.960. The first kappa shape index (κ1) is 13.2. The summed E-state index contributed by atoms with van der Waals surface area (Å²) >= 11 is 4.44. The molecule has 3 nitrogen and oxygen atoms in total. The third-order valence-corrected chi connectivity index (χ3v) is 3.60. The average Bonchev–Trinajstić information content (AvgIpc) is 2.77. The molecule has 0 saturated carbocycles. The summed E-state index contributed by atoms with van der Waals surface area (Å²) in [5, 5.41) is 2.41. The monoisotopic (exact) mass is 329 g/mol. The van der Waals surface area contributed by atoms with Gasteiger partial charge in [-0.15, -0.1) is 11.3 Å². The second-order valence-corrected chi connectivity index (χ2v) is 5.46. The van der Waals surface area contributed by atoms with Gasteiger partial charge in [0.15, 0.2) is 5.69 Å². The minimum absolute atomic E-state index is 0.110. The largest absolute Gasteiger partial charge is 0.456 e. The summed E-state index contributed by atoms with van der Waals surface area (Å²) in [6, 6.07) is 4.84. The van der Waals surface area contributed by atoms with Crippen molar-refractivity contribution >= 4 is 33.2 Å². The van der Waals surface area contributed by atoms with Crippen molar-refractivity contribution in [3.8, 4) is 0 Å². The molecule has 0 radical (unpaired) electrons. The summed E-state index contributed by atoms with van der Waals surface area (Å²) in [6.45, 7) is 1.69. The van der Waals surface area contributed by atoms with Gasteiger partial charge in [0.25, 0.3) is 0 Å². The number of carbonyl (C=O) groups excluding carboxylic acids is 1. The Kier molecular flexibility index (Phi) is 4.08. The number of ether oxygens (including phenoxy) is 1. The minimum atomic E-state index is -0.543. The fraction of sp³-hybridized carbons (Fsp3) is 0.167. The highest BCUT2D eigenvalue weighted by molar-refractivity contribution is 9.10. The van der Waals surface area contributed by atoms with Gasteiger partial charge in [-0.3, -0.25) is 0 Å². The van der Waals surface area contributed by atoms with Gasteiger partial charge in [0.2, 0.25) is 0 Å². The fourth-order valence-electron chi connectivity index (χ4n) is 1.33. The number of carbonyl (C=O) groups is 1. The van der Waals surface area contributed by atoms with E-state index in [1.165, 1.54) is 11.3 Å². The highest BCUT2D eigenvalue weighted by Crippen LogP contribution is 2.19. The summed E-state index contributed by atoms with van der Waals surface area (Å²) in [6.07, 6.45) is 0. The molecule has 2 rings (SSSR count). The van der Waals surface area contributed by atoms with Gasteiger partial charge in [-0.05, 0) is 28.9 Å². The Balaban J connectivity index is 2.04. The first-order valence-electron chi connectivity index (χ1n) is 5.10. The SMILES string of the molecule is Cc1nc(C(=O)OCc2cccc(Br)c2F)cs1. The number of hydrogen-bond acceptors (Lipinski definition) is 4. The van der Waals surface area contributed by atoms with Crippen LogP contribution in [0.1, 0.15) is 21.1 Å². The van der Waals surface area contributed by atoms with Crippen molar-refractivity contribution < 1.29 is 13.9 Å². The van der Waals surface area contributed by atoms with Crippen molar-refractivity contribution in [1.29, 1.82) is 0 Å².